The molecule has 3 nitrogen and oxygen atoms in total. The topological polar surface area (TPSA) is 48.1 Å². The quantitative estimate of drug-likeness (QED) is 0.879. The number of nitrogens with two attached hydrogens (primary N) is 1. The molecule has 0 aliphatic carbocycles. The fourth-order valence-corrected chi connectivity index (χ4v) is 1.43. The Morgan fingerprint density at radius 3 is 2.53 bits per heavy atom. The van der Waals surface area contributed by atoms with Gasteiger partial charge in [0.05, 0.1) is 0 Å². The lowest BCUT2D eigenvalue weighted by atomic mass is 10.2. The molecule has 1 aromatic heterocycles. The Hall–Kier alpha value is -1.94. The number of hydrogen-bond acceptors (Lipinski definition) is 3. The maximum atomic E-state index is 12.7. The van der Waals surface area contributed by atoms with Gasteiger partial charge in [0.15, 0.2) is 0 Å². The molecule has 0 unspecified atom stereocenters. The second-order valence-corrected chi connectivity index (χ2v) is 3.65. The number of aromatic nitrogens is 1. The van der Waals surface area contributed by atoms with E-state index in [9.17, 15) is 4.39 Å². The highest BCUT2D eigenvalue weighted by Gasteiger charge is 1.98. The molecule has 17 heavy (non-hydrogen) atoms. The number of benzene rings is 1. The number of rotatable bonds is 4. The normalized spacial score (nSPS) is 10.2. The standard InChI is InChI=1S/C13H13FN2O/c14-12-1-3-13(4-2-12)17-9-11-5-10(6-15)7-16-8-11/h1-5,7-8H,6,9,15H2. The van der Waals surface area contributed by atoms with E-state index < -0.39 is 0 Å². The summed E-state index contributed by atoms with van der Waals surface area (Å²) < 4.78 is 18.2. The van der Waals surface area contributed by atoms with Crippen molar-refractivity contribution in [3.8, 4) is 5.75 Å². The second-order valence-electron chi connectivity index (χ2n) is 3.65. The predicted octanol–water partition coefficient (Wildman–Crippen LogP) is 2.26. The van der Waals surface area contributed by atoms with Gasteiger partial charge >= 0.3 is 0 Å². The maximum Gasteiger partial charge on any atom is 0.123 e. The average Bonchev–Trinajstić information content (AvgIpc) is 2.38. The van der Waals surface area contributed by atoms with Crippen LogP contribution in [0.2, 0.25) is 0 Å². The van der Waals surface area contributed by atoms with Gasteiger partial charge in [0.25, 0.3) is 0 Å². The molecule has 1 aromatic carbocycles. The number of halogens is 1. The first-order chi connectivity index (χ1) is 8.28. The molecule has 0 amide bonds. The number of nitrogens with zero attached hydrogens (tertiary/aromatic N) is 1. The molecule has 1 heterocycles. The van der Waals surface area contributed by atoms with Crippen molar-refractivity contribution in [2.75, 3.05) is 0 Å². The number of ether oxygens (including phenoxy) is 1. The van der Waals surface area contributed by atoms with Gasteiger partial charge in [-0.2, -0.15) is 0 Å². The maximum absolute atomic E-state index is 12.7. The summed E-state index contributed by atoms with van der Waals surface area (Å²) in [5, 5.41) is 0. The lowest BCUT2D eigenvalue weighted by Crippen LogP contribution is -2.01. The van der Waals surface area contributed by atoms with E-state index in [4.69, 9.17) is 10.5 Å². The molecule has 0 saturated carbocycles. The van der Waals surface area contributed by atoms with Gasteiger partial charge in [-0.05, 0) is 35.9 Å². The molecule has 2 rings (SSSR count). The summed E-state index contributed by atoms with van der Waals surface area (Å²) in [5.41, 5.74) is 7.43. The largest absolute Gasteiger partial charge is 0.489 e. The molecule has 0 bridgehead atoms. The zero-order valence-electron chi connectivity index (χ0n) is 9.27. The highest BCUT2D eigenvalue weighted by Crippen LogP contribution is 2.13. The van der Waals surface area contributed by atoms with Crippen LogP contribution in [0.5, 0.6) is 5.75 Å². The third-order valence-electron chi connectivity index (χ3n) is 2.31. The van der Waals surface area contributed by atoms with Crippen molar-refractivity contribution < 1.29 is 9.13 Å². The van der Waals surface area contributed by atoms with Crippen molar-refractivity contribution in [1.82, 2.24) is 4.98 Å². The summed E-state index contributed by atoms with van der Waals surface area (Å²) in [6, 6.07) is 7.86. The minimum atomic E-state index is -0.274. The first kappa shape index (κ1) is 11.5. The van der Waals surface area contributed by atoms with E-state index in [2.05, 4.69) is 4.98 Å². The molecular weight excluding hydrogens is 219 g/mol. The van der Waals surface area contributed by atoms with E-state index in [0.29, 0.717) is 18.9 Å². The summed E-state index contributed by atoms with van der Waals surface area (Å²) >= 11 is 0. The third kappa shape index (κ3) is 3.26. The van der Waals surface area contributed by atoms with Crippen molar-refractivity contribution in [2.24, 2.45) is 5.73 Å². The van der Waals surface area contributed by atoms with Gasteiger partial charge in [-0.3, -0.25) is 4.98 Å². The van der Waals surface area contributed by atoms with E-state index >= 15 is 0 Å². The minimum Gasteiger partial charge on any atom is -0.489 e. The third-order valence-corrected chi connectivity index (χ3v) is 2.31. The Labute approximate surface area is 99.1 Å². The van der Waals surface area contributed by atoms with E-state index in [1.807, 2.05) is 6.07 Å². The Balaban J connectivity index is 1.99. The molecule has 0 aliphatic rings. The van der Waals surface area contributed by atoms with Crippen molar-refractivity contribution >= 4 is 0 Å². The van der Waals surface area contributed by atoms with Crippen molar-refractivity contribution in [3.05, 3.63) is 59.7 Å². The van der Waals surface area contributed by atoms with Crippen LogP contribution in [-0.2, 0) is 13.2 Å². The molecule has 4 heteroatoms. The molecule has 0 spiro atoms. The summed E-state index contributed by atoms with van der Waals surface area (Å²) in [4.78, 5) is 4.06. The van der Waals surface area contributed by atoms with Crippen LogP contribution >= 0.6 is 0 Å². The summed E-state index contributed by atoms with van der Waals surface area (Å²) in [7, 11) is 0. The van der Waals surface area contributed by atoms with Crippen LogP contribution in [0.25, 0.3) is 0 Å². The van der Waals surface area contributed by atoms with Crippen LogP contribution in [-0.4, -0.2) is 4.98 Å². The molecule has 0 aliphatic heterocycles. The second kappa shape index (κ2) is 5.41. The van der Waals surface area contributed by atoms with Crippen molar-refractivity contribution in [3.63, 3.8) is 0 Å². The summed E-state index contributed by atoms with van der Waals surface area (Å²) in [6.07, 6.45) is 3.45. The fraction of sp³-hybridized carbons (Fsp3) is 0.154. The van der Waals surface area contributed by atoms with Gasteiger partial charge in [-0.25, -0.2) is 4.39 Å². The van der Waals surface area contributed by atoms with Gasteiger partial charge in [0.2, 0.25) is 0 Å². The molecule has 0 atom stereocenters. The van der Waals surface area contributed by atoms with Crippen molar-refractivity contribution in [2.45, 2.75) is 13.2 Å². The lowest BCUT2D eigenvalue weighted by molar-refractivity contribution is 0.305. The SMILES string of the molecule is NCc1cncc(COc2ccc(F)cc2)c1. The Morgan fingerprint density at radius 1 is 1.12 bits per heavy atom. The molecule has 88 valence electrons. The van der Waals surface area contributed by atoms with E-state index in [-0.39, 0.29) is 5.82 Å². The average molecular weight is 232 g/mol. The summed E-state index contributed by atoms with van der Waals surface area (Å²) in [6.45, 7) is 0.851. The summed E-state index contributed by atoms with van der Waals surface area (Å²) in [5.74, 6) is 0.355. The lowest BCUT2D eigenvalue weighted by Gasteiger charge is -2.06. The van der Waals surface area contributed by atoms with E-state index in [1.54, 1.807) is 24.5 Å². The minimum absolute atomic E-state index is 0.274. The van der Waals surface area contributed by atoms with Gasteiger partial charge in [-0.1, -0.05) is 0 Å². The first-order valence-corrected chi connectivity index (χ1v) is 5.29. The highest BCUT2D eigenvalue weighted by molar-refractivity contribution is 5.23. The van der Waals surface area contributed by atoms with Gasteiger partial charge in [0.1, 0.15) is 18.2 Å². The molecule has 2 N–H and O–H groups in total. The zero-order valence-corrected chi connectivity index (χ0v) is 9.27. The molecule has 0 saturated heterocycles. The molecule has 0 radical (unpaired) electrons. The van der Waals surface area contributed by atoms with Crippen LogP contribution in [0.3, 0.4) is 0 Å². The molecule has 0 fully saturated rings. The number of hydrogen-bond donors (Lipinski definition) is 1. The van der Waals surface area contributed by atoms with Crippen LogP contribution < -0.4 is 10.5 Å². The van der Waals surface area contributed by atoms with E-state index in [1.165, 1.54) is 12.1 Å². The zero-order chi connectivity index (χ0) is 12.1. The Morgan fingerprint density at radius 2 is 1.82 bits per heavy atom. The first-order valence-electron chi connectivity index (χ1n) is 5.29. The van der Waals surface area contributed by atoms with Gasteiger partial charge < -0.3 is 10.5 Å². The predicted molar refractivity (Wildman–Crippen MR) is 62.9 cm³/mol. The number of pyridine rings is 1. The smallest absolute Gasteiger partial charge is 0.123 e. The van der Waals surface area contributed by atoms with Crippen LogP contribution in [0.1, 0.15) is 11.1 Å². The van der Waals surface area contributed by atoms with Gasteiger partial charge in [-0.15, -0.1) is 0 Å². The van der Waals surface area contributed by atoms with Crippen LogP contribution in [0, 0.1) is 5.82 Å². The van der Waals surface area contributed by atoms with Crippen LogP contribution in [0.4, 0.5) is 4.39 Å². The van der Waals surface area contributed by atoms with Crippen LogP contribution in [0.15, 0.2) is 42.7 Å². The monoisotopic (exact) mass is 232 g/mol. The highest BCUT2D eigenvalue weighted by atomic mass is 19.1. The Kier molecular flexibility index (Phi) is 3.67. The van der Waals surface area contributed by atoms with Gasteiger partial charge in [0, 0.05) is 24.5 Å². The van der Waals surface area contributed by atoms with E-state index in [0.717, 1.165) is 11.1 Å². The molecular formula is C13H13FN2O. The van der Waals surface area contributed by atoms with Crippen molar-refractivity contribution in [1.29, 1.82) is 0 Å². The fourth-order valence-electron chi connectivity index (χ4n) is 1.43. The molecule has 2 aromatic rings. The Bertz CT molecular complexity index is 485.